The van der Waals surface area contributed by atoms with Crippen LogP contribution in [0.25, 0.3) is 10.6 Å². The minimum atomic E-state index is -3.91. The van der Waals surface area contributed by atoms with Gasteiger partial charge < -0.3 is 20.1 Å². The predicted molar refractivity (Wildman–Crippen MR) is 174 cm³/mol. The molecule has 0 radical (unpaired) electrons. The van der Waals surface area contributed by atoms with E-state index in [1.165, 1.54) is 47.0 Å². The summed E-state index contributed by atoms with van der Waals surface area (Å²) in [5, 5.41) is 16.0. The number of benzene rings is 3. The van der Waals surface area contributed by atoms with Gasteiger partial charge in [-0.15, -0.1) is 11.3 Å². The third-order valence-electron chi connectivity index (χ3n) is 7.72. The van der Waals surface area contributed by atoms with Crippen molar-refractivity contribution >= 4 is 50.5 Å². The Bertz CT molecular complexity index is 1770. The highest BCUT2D eigenvalue weighted by molar-refractivity contribution is 7.89. The van der Waals surface area contributed by atoms with Crippen molar-refractivity contribution in [1.82, 2.24) is 14.2 Å². The van der Waals surface area contributed by atoms with Gasteiger partial charge in [0.15, 0.2) is 5.75 Å². The average molecular weight is 669 g/mol. The maximum Gasteiger partial charge on any atom is 0.258 e. The molecule has 1 aliphatic rings. The first-order chi connectivity index (χ1) is 21.5. The Morgan fingerprint density at radius 3 is 2.53 bits per heavy atom. The van der Waals surface area contributed by atoms with E-state index >= 15 is 0 Å². The quantitative estimate of drug-likeness (QED) is 0.249. The van der Waals surface area contributed by atoms with Gasteiger partial charge in [0, 0.05) is 47.2 Å². The van der Waals surface area contributed by atoms with Crippen molar-refractivity contribution in [2.75, 3.05) is 32.1 Å². The molecular weight excluding hydrogens is 636 g/mol. The molecule has 2 N–H and O–H groups in total. The molecule has 236 valence electrons. The van der Waals surface area contributed by atoms with E-state index in [1.807, 2.05) is 24.4 Å². The van der Waals surface area contributed by atoms with E-state index in [1.54, 1.807) is 48.4 Å². The summed E-state index contributed by atoms with van der Waals surface area (Å²) in [7, 11) is -2.45. The van der Waals surface area contributed by atoms with Crippen molar-refractivity contribution in [3.63, 3.8) is 0 Å². The van der Waals surface area contributed by atoms with Crippen LogP contribution in [0.3, 0.4) is 0 Å². The molecule has 2 heterocycles. The average Bonchev–Trinajstić information content (AvgIpc) is 3.58. The summed E-state index contributed by atoms with van der Waals surface area (Å²) in [6.45, 7) is 3.48. The number of thiazole rings is 1. The zero-order valence-corrected chi connectivity index (χ0v) is 27.3. The van der Waals surface area contributed by atoms with Gasteiger partial charge in [0.05, 0.1) is 35.3 Å². The van der Waals surface area contributed by atoms with Gasteiger partial charge in [-0.05, 0) is 55.5 Å². The van der Waals surface area contributed by atoms with Gasteiger partial charge in [-0.25, -0.2) is 13.4 Å². The molecule has 0 aliphatic carbocycles. The number of hydrogen-bond acceptors (Lipinski definition) is 8. The fourth-order valence-corrected chi connectivity index (χ4v) is 6.98. The van der Waals surface area contributed by atoms with Gasteiger partial charge in [-0.3, -0.25) is 9.59 Å². The van der Waals surface area contributed by atoms with Crippen LogP contribution in [-0.2, 0) is 10.0 Å². The van der Waals surface area contributed by atoms with Crippen molar-refractivity contribution in [1.29, 1.82) is 0 Å². The van der Waals surface area contributed by atoms with Crippen molar-refractivity contribution in [3.05, 3.63) is 94.5 Å². The zero-order valence-electron chi connectivity index (χ0n) is 24.9. The molecular formula is C32H33ClN4O6S2. The monoisotopic (exact) mass is 668 g/mol. The lowest BCUT2D eigenvalue weighted by Crippen LogP contribution is -2.50. The number of para-hydroxylation sites is 1. The van der Waals surface area contributed by atoms with Crippen LogP contribution >= 0.6 is 22.9 Å². The van der Waals surface area contributed by atoms with Crippen LogP contribution < -0.4 is 10.1 Å². The normalized spacial score (nSPS) is 17.6. The van der Waals surface area contributed by atoms with Gasteiger partial charge in [0.25, 0.3) is 11.8 Å². The number of nitrogens with zero attached hydrogens (tertiary/aromatic N) is 3. The molecule has 0 fully saturated rings. The molecule has 10 nitrogen and oxygen atoms in total. The lowest BCUT2D eigenvalue weighted by atomic mass is 9.99. The minimum Gasteiger partial charge on any atom is -0.486 e. The summed E-state index contributed by atoms with van der Waals surface area (Å²) in [5.41, 5.74) is 1.72. The van der Waals surface area contributed by atoms with E-state index in [2.05, 4.69) is 10.3 Å². The number of nitrogens with one attached hydrogen (secondary N) is 1. The largest absolute Gasteiger partial charge is 0.486 e. The number of likely N-dealkylation sites (N-methyl/N-ethyl adjacent to an activating group) is 1. The number of ether oxygens (including phenoxy) is 1. The molecule has 0 unspecified atom stereocenters. The van der Waals surface area contributed by atoms with Crippen LogP contribution in [0.5, 0.6) is 5.75 Å². The molecule has 3 atom stereocenters. The van der Waals surface area contributed by atoms with Crippen molar-refractivity contribution < 1.29 is 27.9 Å². The number of amides is 2. The number of aromatic nitrogens is 1. The fraction of sp³-hybridized carbons (Fsp3) is 0.281. The number of aliphatic hydroxyl groups excluding tert-OH is 1. The number of sulfonamides is 1. The number of rotatable bonds is 9. The summed E-state index contributed by atoms with van der Waals surface area (Å²) in [4.78, 5) is 33.1. The van der Waals surface area contributed by atoms with E-state index in [0.29, 0.717) is 10.6 Å². The van der Waals surface area contributed by atoms with E-state index in [4.69, 9.17) is 16.3 Å². The highest BCUT2D eigenvalue weighted by Gasteiger charge is 2.36. The minimum absolute atomic E-state index is 0.0540. The van der Waals surface area contributed by atoms with E-state index in [9.17, 15) is 23.1 Å². The van der Waals surface area contributed by atoms with Crippen LogP contribution in [0.4, 0.5) is 5.69 Å². The van der Waals surface area contributed by atoms with Crippen LogP contribution in [0.15, 0.2) is 83.2 Å². The van der Waals surface area contributed by atoms with Crippen molar-refractivity contribution in [2.24, 2.45) is 5.92 Å². The standard InChI is InChI=1S/C32H33ClN4O6S2/c1-20-17-37(21(2)19-38)32(40)26-5-4-6-27(35-30(39)22-7-9-23(10-8-22)31-34-15-16-44-31)29(26)43-28(20)18-36(3)45(41,42)25-13-11-24(33)12-14-25/h4-16,20-21,28,38H,17-19H2,1-3H3,(H,35,39)/t20-,21-,28+/m0/s1. The first kappa shape index (κ1) is 32.6. The predicted octanol–water partition coefficient (Wildman–Crippen LogP) is 5.26. The first-order valence-corrected chi connectivity index (χ1v) is 16.9. The molecule has 0 bridgehead atoms. The fourth-order valence-electron chi connectivity index (χ4n) is 5.02. The molecule has 0 saturated heterocycles. The highest BCUT2D eigenvalue weighted by Crippen LogP contribution is 2.36. The number of fused-ring (bicyclic) bond motifs is 1. The first-order valence-electron chi connectivity index (χ1n) is 14.2. The maximum absolute atomic E-state index is 13.8. The lowest BCUT2D eigenvalue weighted by molar-refractivity contribution is 0.0388. The molecule has 4 aromatic rings. The Hall–Kier alpha value is -3.81. The van der Waals surface area contributed by atoms with Crippen molar-refractivity contribution in [2.45, 2.75) is 30.9 Å². The molecule has 0 saturated carbocycles. The number of aliphatic hydroxyl groups is 1. The van der Waals surface area contributed by atoms with Gasteiger partial charge in [0.2, 0.25) is 10.0 Å². The SMILES string of the molecule is C[C@H]1CN([C@@H](C)CO)C(=O)c2cccc(NC(=O)c3ccc(-c4nccs4)cc3)c2O[C@@H]1CN(C)S(=O)(=O)c1ccc(Cl)cc1. The van der Waals surface area contributed by atoms with E-state index in [0.717, 1.165) is 10.6 Å². The second-order valence-electron chi connectivity index (χ2n) is 10.9. The number of carbonyl (C=O) groups excluding carboxylic acids is 2. The Morgan fingerprint density at radius 1 is 1.18 bits per heavy atom. The van der Waals surface area contributed by atoms with Crippen LogP contribution in [0.2, 0.25) is 5.02 Å². The van der Waals surface area contributed by atoms with Crippen LogP contribution in [-0.4, -0.2) is 78.4 Å². The summed E-state index contributed by atoms with van der Waals surface area (Å²) in [5.74, 6) is -1.02. The van der Waals surface area contributed by atoms with Gasteiger partial charge in [-0.1, -0.05) is 36.7 Å². The third-order valence-corrected chi connectivity index (χ3v) is 10.6. The summed E-state index contributed by atoms with van der Waals surface area (Å²) in [6.07, 6.45) is 0.986. The lowest BCUT2D eigenvalue weighted by Gasteiger charge is -2.38. The van der Waals surface area contributed by atoms with Crippen LogP contribution in [0, 0.1) is 5.92 Å². The topological polar surface area (TPSA) is 129 Å². The molecule has 1 aromatic heterocycles. The molecule has 0 spiro atoms. The molecule has 1 aliphatic heterocycles. The Labute approximate surface area is 271 Å². The van der Waals surface area contributed by atoms with Gasteiger partial charge in [-0.2, -0.15) is 4.31 Å². The van der Waals surface area contributed by atoms with Crippen LogP contribution in [0.1, 0.15) is 34.6 Å². The number of halogens is 1. The zero-order chi connectivity index (χ0) is 32.3. The van der Waals surface area contributed by atoms with Gasteiger partial charge in [0.1, 0.15) is 11.1 Å². The Kier molecular flexibility index (Phi) is 9.90. The molecule has 3 aromatic carbocycles. The molecule has 13 heteroatoms. The number of anilines is 1. The molecule has 2 amide bonds. The summed E-state index contributed by atoms with van der Waals surface area (Å²) < 4.78 is 34.5. The molecule has 45 heavy (non-hydrogen) atoms. The van der Waals surface area contributed by atoms with E-state index < -0.39 is 28.1 Å². The number of carbonyl (C=O) groups is 2. The Morgan fingerprint density at radius 2 is 1.89 bits per heavy atom. The van der Waals surface area contributed by atoms with Gasteiger partial charge >= 0.3 is 0 Å². The van der Waals surface area contributed by atoms with E-state index in [-0.39, 0.29) is 53.4 Å². The number of hydrogen-bond donors (Lipinski definition) is 2. The van der Waals surface area contributed by atoms with Crippen molar-refractivity contribution in [3.8, 4) is 16.3 Å². The second-order valence-corrected chi connectivity index (χ2v) is 14.3. The summed E-state index contributed by atoms with van der Waals surface area (Å²) >= 11 is 7.46. The second kappa shape index (κ2) is 13.7. The maximum atomic E-state index is 13.8. The highest BCUT2D eigenvalue weighted by atomic mass is 35.5. The Balaban J connectivity index is 1.47. The summed E-state index contributed by atoms with van der Waals surface area (Å²) in [6, 6.07) is 17.2. The molecule has 5 rings (SSSR count). The smallest absolute Gasteiger partial charge is 0.258 e. The third kappa shape index (κ3) is 7.05.